The maximum Gasteiger partial charge on any atom is 0.319 e. The molecule has 0 aliphatic rings. The van der Waals surface area contributed by atoms with Gasteiger partial charge in [-0.15, -0.1) is 12.4 Å². The number of benzene rings is 2. The van der Waals surface area contributed by atoms with Gasteiger partial charge in [0.15, 0.2) is 0 Å². The Kier molecular flexibility index (Phi) is 9.48. The Hall–Kier alpha value is -2.57. The minimum atomic E-state index is -0.350. The SMILES string of the molecule is CC(C)NC(=O)Nc1ccc(CNC(=O)C(C)C(N)c2ccccc2)cc1.Cl. The van der Waals surface area contributed by atoms with Crippen LogP contribution in [0.1, 0.15) is 37.9 Å². The zero-order valence-electron chi connectivity index (χ0n) is 16.4. The lowest BCUT2D eigenvalue weighted by molar-refractivity contribution is -0.125. The highest BCUT2D eigenvalue weighted by atomic mass is 35.5. The molecule has 0 saturated heterocycles. The van der Waals surface area contributed by atoms with Gasteiger partial charge in [-0.2, -0.15) is 0 Å². The van der Waals surface area contributed by atoms with Crippen LogP contribution in [0, 0.1) is 5.92 Å². The van der Waals surface area contributed by atoms with E-state index in [1.807, 2.05) is 63.2 Å². The van der Waals surface area contributed by atoms with E-state index in [4.69, 9.17) is 5.73 Å². The lowest BCUT2D eigenvalue weighted by atomic mass is 9.94. The molecule has 7 heteroatoms. The summed E-state index contributed by atoms with van der Waals surface area (Å²) in [5.41, 5.74) is 8.78. The molecule has 0 aliphatic carbocycles. The highest BCUT2D eigenvalue weighted by Crippen LogP contribution is 2.19. The molecule has 2 aromatic carbocycles. The van der Waals surface area contributed by atoms with E-state index >= 15 is 0 Å². The van der Waals surface area contributed by atoms with Crippen LogP contribution in [0.2, 0.25) is 0 Å². The zero-order chi connectivity index (χ0) is 19.8. The van der Waals surface area contributed by atoms with Crippen molar-refractivity contribution in [3.05, 3.63) is 65.7 Å². The number of halogens is 1. The predicted molar refractivity (Wildman–Crippen MR) is 115 cm³/mol. The molecule has 3 amide bonds. The summed E-state index contributed by atoms with van der Waals surface area (Å²) in [6.07, 6.45) is 0. The number of carbonyl (C=O) groups is 2. The number of carbonyl (C=O) groups excluding carboxylic acids is 2. The molecule has 6 nitrogen and oxygen atoms in total. The minimum Gasteiger partial charge on any atom is -0.352 e. The van der Waals surface area contributed by atoms with Crippen molar-refractivity contribution in [3.8, 4) is 0 Å². The molecule has 0 bridgehead atoms. The first-order valence-electron chi connectivity index (χ1n) is 9.11. The quantitative estimate of drug-likeness (QED) is 0.567. The molecule has 152 valence electrons. The monoisotopic (exact) mass is 404 g/mol. The fourth-order valence-corrected chi connectivity index (χ4v) is 2.61. The van der Waals surface area contributed by atoms with E-state index in [1.54, 1.807) is 12.1 Å². The maximum atomic E-state index is 12.4. The third kappa shape index (κ3) is 7.21. The van der Waals surface area contributed by atoms with E-state index in [1.165, 1.54) is 0 Å². The third-order valence-electron chi connectivity index (χ3n) is 4.24. The Balaban J connectivity index is 0.00000392. The Morgan fingerprint density at radius 2 is 1.57 bits per heavy atom. The number of nitrogens with one attached hydrogen (secondary N) is 3. The molecule has 0 aromatic heterocycles. The summed E-state index contributed by atoms with van der Waals surface area (Å²) < 4.78 is 0. The summed E-state index contributed by atoms with van der Waals surface area (Å²) >= 11 is 0. The fourth-order valence-electron chi connectivity index (χ4n) is 2.61. The van der Waals surface area contributed by atoms with Gasteiger partial charge in [0.25, 0.3) is 0 Å². The minimum absolute atomic E-state index is 0. The lowest BCUT2D eigenvalue weighted by Crippen LogP contribution is -2.35. The molecule has 28 heavy (non-hydrogen) atoms. The van der Waals surface area contributed by atoms with Crippen molar-refractivity contribution in [2.75, 3.05) is 5.32 Å². The standard InChI is InChI=1S/C21H28N4O2.ClH/c1-14(2)24-21(27)25-18-11-9-16(10-12-18)13-23-20(26)15(3)19(22)17-7-5-4-6-8-17;/h4-12,14-15,19H,13,22H2,1-3H3,(H,23,26)(H2,24,25,27);1H. The van der Waals surface area contributed by atoms with Gasteiger partial charge in [0.1, 0.15) is 0 Å². The van der Waals surface area contributed by atoms with Gasteiger partial charge < -0.3 is 21.7 Å². The normalized spacial score (nSPS) is 12.5. The number of amides is 3. The van der Waals surface area contributed by atoms with Crippen LogP contribution in [0.3, 0.4) is 0 Å². The number of hydrogen-bond donors (Lipinski definition) is 4. The van der Waals surface area contributed by atoms with Crippen LogP contribution < -0.4 is 21.7 Å². The second-order valence-electron chi connectivity index (χ2n) is 6.89. The number of nitrogens with two attached hydrogens (primary N) is 1. The molecule has 0 spiro atoms. The number of anilines is 1. The molecule has 0 heterocycles. The maximum absolute atomic E-state index is 12.4. The van der Waals surface area contributed by atoms with Crippen LogP contribution in [-0.4, -0.2) is 18.0 Å². The van der Waals surface area contributed by atoms with Crippen LogP contribution in [0.15, 0.2) is 54.6 Å². The van der Waals surface area contributed by atoms with Gasteiger partial charge in [-0.1, -0.05) is 49.4 Å². The Morgan fingerprint density at radius 3 is 2.14 bits per heavy atom. The molecule has 2 rings (SSSR count). The summed E-state index contributed by atoms with van der Waals surface area (Å²) in [5.74, 6) is -0.432. The Bertz CT molecular complexity index is 751. The van der Waals surface area contributed by atoms with Gasteiger partial charge in [0, 0.05) is 24.3 Å². The lowest BCUT2D eigenvalue weighted by Gasteiger charge is -2.20. The van der Waals surface area contributed by atoms with Crippen molar-refractivity contribution in [2.45, 2.75) is 39.4 Å². The van der Waals surface area contributed by atoms with Crippen LogP contribution in [0.4, 0.5) is 10.5 Å². The average Bonchev–Trinajstić information content (AvgIpc) is 2.66. The smallest absolute Gasteiger partial charge is 0.319 e. The zero-order valence-corrected chi connectivity index (χ0v) is 17.3. The van der Waals surface area contributed by atoms with Gasteiger partial charge in [-0.3, -0.25) is 4.79 Å². The molecule has 0 radical (unpaired) electrons. The van der Waals surface area contributed by atoms with Crippen LogP contribution in [-0.2, 0) is 11.3 Å². The van der Waals surface area contributed by atoms with Gasteiger partial charge in [0.2, 0.25) is 5.91 Å². The van der Waals surface area contributed by atoms with Crippen molar-refractivity contribution < 1.29 is 9.59 Å². The summed E-state index contributed by atoms with van der Waals surface area (Å²) in [4.78, 5) is 24.1. The molecular formula is C21H29ClN4O2. The molecule has 0 aliphatic heterocycles. The molecule has 0 fully saturated rings. The number of urea groups is 1. The van der Waals surface area contributed by atoms with Crippen molar-refractivity contribution >= 4 is 30.0 Å². The molecular weight excluding hydrogens is 376 g/mol. The van der Waals surface area contributed by atoms with Crippen molar-refractivity contribution in [3.63, 3.8) is 0 Å². The largest absolute Gasteiger partial charge is 0.352 e. The third-order valence-corrected chi connectivity index (χ3v) is 4.24. The topological polar surface area (TPSA) is 96.2 Å². The van der Waals surface area contributed by atoms with E-state index in [9.17, 15) is 9.59 Å². The molecule has 2 unspecified atom stereocenters. The number of hydrogen-bond acceptors (Lipinski definition) is 3. The Morgan fingerprint density at radius 1 is 0.964 bits per heavy atom. The van der Waals surface area contributed by atoms with E-state index in [0.717, 1.165) is 11.1 Å². The predicted octanol–water partition coefficient (Wildman–Crippen LogP) is 3.59. The summed E-state index contributed by atoms with van der Waals surface area (Å²) in [7, 11) is 0. The Labute approximate surface area is 172 Å². The molecule has 2 aromatic rings. The first kappa shape index (κ1) is 23.5. The second kappa shape index (κ2) is 11.3. The van der Waals surface area contributed by atoms with Crippen LogP contribution >= 0.6 is 12.4 Å². The van der Waals surface area contributed by atoms with Gasteiger partial charge in [-0.25, -0.2) is 4.79 Å². The fraction of sp³-hybridized carbons (Fsp3) is 0.333. The molecule has 5 N–H and O–H groups in total. The van der Waals surface area contributed by atoms with Crippen molar-refractivity contribution in [1.82, 2.24) is 10.6 Å². The molecule has 2 atom stereocenters. The second-order valence-corrected chi connectivity index (χ2v) is 6.89. The number of rotatable bonds is 7. The highest BCUT2D eigenvalue weighted by molar-refractivity contribution is 5.89. The summed E-state index contributed by atoms with van der Waals surface area (Å²) in [5, 5.41) is 8.44. The van der Waals surface area contributed by atoms with Crippen LogP contribution in [0.25, 0.3) is 0 Å². The molecule has 0 saturated carbocycles. The average molecular weight is 405 g/mol. The summed E-state index contributed by atoms with van der Waals surface area (Å²) in [6.45, 7) is 6.03. The first-order valence-corrected chi connectivity index (χ1v) is 9.11. The van der Waals surface area contributed by atoms with E-state index in [2.05, 4.69) is 16.0 Å². The van der Waals surface area contributed by atoms with E-state index < -0.39 is 0 Å². The summed E-state index contributed by atoms with van der Waals surface area (Å²) in [6, 6.07) is 16.4. The van der Waals surface area contributed by atoms with E-state index in [-0.39, 0.29) is 42.3 Å². The van der Waals surface area contributed by atoms with Gasteiger partial charge >= 0.3 is 6.03 Å². The van der Waals surface area contributed by atoms with Crippen molar-refractivity contribution in [1.29, 1.82) is 0 Å². The van der Waals surface area contributed by atoms with Gasteiger partial charge in [-0.05, 0) is 37.1 Å². The van der Waals surface area contributed by atoms with Gasteiger partial charge in [0.05, 0.1) is 5.92 Å². The van der Waals surface area contributed by atoms with Crippen LogP contribution in [0.5, 0.6) is 0 Å². The van der Waals surface area contributed by atoms with Crippen molar-refractivity contribution in [2.24, 2.45) is 11.7 Å². The highest BCUT2D eigenvalue weighted by Gasteiger charge is 2.21. The van der Waals surface area contributed by atoms with E-state index in [0.29, 0.717) is 12.2 Å². The first-order chi connectivity index (χ1) is 12.9.